The van der Waals surface area contributed by atoms with Crippen molar-refractivity contribution in [3.8, 4) is 11.4 Å². The first-order valence-corrected chi connectivity index (χ1v) is 7.22. The highest BCUT2D eigenvalue weighted by Gasteiger charge is 2.29. The lowest BCUT2D eigenvalue weighted by molar-refractivity contribution is 0.0155. The summed E-state index contributed by atoms with van der Waals surface area (Å²) in [6.45, 7) is 4.79. The molecule has 5 nitrogen and oxygen atoms in total. The number of aromatic amines is 1. The van der Waals surface area contributed by atoms with Gasteiger partial charge >= 0.3 is 0 Å². The molecule has 20 heavy (non-hydrogen) atoms. The number of pyridine rings is 1. The second kappa shape index (κ2) is 5.46. The maximum absolute atomic E-state index is 5.46. The summed E-state index contributed by atoms with van der Waals surface area (Å²) >= 11 is 5.38. The van der Waals surface area contributed by atoms with Gasteiger partial charge in [-0.05, 0) is 42.6 Å². The fourth-order valence-electron chi connectivity index (χ4n) is 2.58. The molecule has 0 amide bonds. The van der Waals surface area contributed by atoms with E-state index in [1.165, 1.54) is 0 Å². The van der Waals surface area contributed by atoms with Crippen molar-refractivity contribution in [2.75, 3.05) is 13.2 Å². The van der Waals surface area contributed by atoms with E-state index in [0.29, 0.717) is 4.77 Å². The predicted molar refractivity (Wildman–Crippen MR) is 78.8 cm³/mol. The van der Waals surface area contributed by atoms with E-state index in [9.17, 15) is 0 Å². The average Bonchev–Trinajstić information content (AvgIpc) is 2.81. The highest BCUT2D eigenvalue weighted by Crippen LogP contribution is 2.33. The summed E-state index contributed by atoms with van der Waals surface area (Å²) in [6, 6.07) is 3.91. The molecule has 0 bridgehead atoms. The smallest absolute Gasteiger partial charge is 0.195 e. The number of H-pyrrole nitrogens is 1. The Morgan fingerprint density at radius 3 is 2.95 bits per heavy atom. The lowest BCUT2D eigenvalue weighted by Crippen LogP contribution is -2.31. The van der Waals surface area contributed by atoms with Gasteiger partial charge in [0.1, 0.15) is 0 Å². The van der Waals surface area contributed by atoms with Crippen LogP contribution in [0, 0.1) is 10.2 Å². The third-order valence-electron chi connectivity index (χ3n) is 3.92. The minimum atomic E-state index is 0.206. The minimum Gasteiger partial charge on any atom is -0.381 e. The highest BCUT2D eigenvalue weighted by atomic mass is 32.1. The molecule has 0 saturated carbocycles. The quantitative estimate of drug-likeness (QED) is 0.883. The zero-order valence-corrected chi connectivity index (χ0v) is 12.3. The molecule has 0 unspecified atom stereocenters. The molecule has 2 aromatic heterocycles. The summed E-state index contributed by atoms with van der Waals surface area (Å²) in [5.74, 6) is 0.857. The van der Waals surface area contributed by atoms with E-state index >= 15 is 0 Å². The second-order valence-corrected chi connectivity index (χ2v) is 5.99. The van der Waals surface area contributed by atoms with Crippen molar-refractivity contribution in [3.63, 3.8) is 0 Å². The summed E-state index contributed by atoms with van der Waals surface area (Å²) in [7, 11) is 0. The molecule has 2 aromatic rings. The molecule has 3 rings (SSSR count). The maximum Gasteiger partial charge on any atom is 0.195 e. The van der Waals surface area contributed by atoms with Crippen molar-refractivity contribution in [2.24, 2.45) is 5.41 Å². The molecule has 1 aliphatic heterocycles. The van der Waals surface area contributed by atoms with Crippen molar-refractivity contribution in [1.82, 2.24) is 19.7 Å². The van der Waals surface area contributed by atoms with E-state index in [-0.39, 0.29) is 5.41 Å². The molecule has 0 aromatic carbocycles. The first kappa shape index (κ1) is 13.5. The molecule has 0 radical (unpaired) electrons. The molecule has 1 aliphatic rings. The first-order valence-electron chi connectivity index (χ1n) is 6.81. The molecular formula is C14H18N4OS. The number of ether oxygens (including phenoxy) is 1. The third kappa shape index (κ3) is 2.66. The van der Waals surface area contributed by atoms with Crippen LogP contribution in [0.15, 0.2) is 24.5 Å². The molecule has 0 spiro atoms. The summed E-state index contributed by atoms with van der Waals surface area (Å²) in [5.41, 5.74) is 1.19. The van der Waals surface area contributed by atoms with Crippen molar-refractivity contribution in [1.29, 1.82) is 0 Å². The van der Waals surface area contributed by atoms with Crippen LogP contribution in [-0.4, -0.2) is 33.0 Å². The van der Waals surface area contributed by atoms with Gasteiger partial charge in [0.2, 0.25) is 0 Å². The minimum absolute atomic E-state index is 0.206. The molecule has 1 saturated heterocycles. The van der Waals surface area contributed by atoms with Crippen molar-refractivity contribution < 1.29 is 4.74 Å². The number of hydrogen-bond donors (Lipinski definition) is 1. The van der Waals surface area contributed by atoms with Crippen LogP contribution >= 0.6 is 12.2 Å². The topological polar surface area (TPSA) is 55.7 Å². The second-order valence-electron chi connectivity index (χ2n) is 5.60. The highest BCUT2D eigenvalue weighted by molar-refractivity contribution is 7.71. The molecule has 3 heterocycles. The van der Waals surface area contributed by atoms with Crippen molar-refractivity contribution in [3.05, 3.63) is 29.3 Å². The Balaban J connectivity index is 1.94. The summed E-state index contributed by atoms with van der Waals surface area (Å²) in [5, 5.41) is 7.26. The fraction of sp³-hybridized carbons (Fsp3) is 0.500. The molecular weight excluding hydrogens is 272 g/mol. The van der Waals surface area contributed by atoms with Gasteiger partial charge in [-0.1, -0.05) is 6.92 Å². The van der Waals surface area contributed by atoms with Crippen molar-refractivity contribution in [2.45, 2.75) is 26.3 Å². The van der Waals surface area contributed by atoms with E-state index in [0.717, 1.165) is 44.0 Å². The molecule has 0 atom stereocenters. The van der Waals surface area contributed by atoms with Gasteiger partial charge in [0.15, 0.2) is 10.6 Å². The molecule has 0 aliphatic carbocycles. The standard InChI is InChI=1S/C14H18N4OS/c1-14(4-7-19-8-5-14)10-18-12(16-17-13(18)20)11-3-2-6-15-9-11/h2-3,6,9H,4-5,7-8,10H2,1H3,(H,17,20). The lowest BCUT2D eigenvalue weighted by atomic mass is 9.82. The zero-order valence-electron chi connectivity index (χ0n) is 11.5. The predicted octanol–water partition coefficient (Wildman–Crippen LogP) is 2.82. The van der Waals surface area contributed by atoms with Crippen LogP contribution in [0.1, 0.15) is 19.8 Å². The van der Waals surface area contributed by atoms with E-state index < -0.39 is 0 Å². The largest absolute Gasteiger partial charge is 0.381 e. The number of hydrogen-bond acceptors (Lipinski definition) is 4. The van der Waals surface area contributed by atoms with E-state index in [4.69, 9.17) is 17.0 Å². The fourth-order valence-corrected chi connectivity index (χ4v) is 2.78. The van der Waals surface area contributed by atoms with Crippen LogP contribution in [0.4, 0.5) is 0 Å². The number of nitrogens with zero attached hydrogens (tertiary/aromatic N) is 3. The molecule has 106 valence electrons. The number of aromatic nitrogens is 4. The summed E-state index contributed by atoms with van der Waals surface area (Å²) in [4.78, 5) is 4.15. The Morgan fingerprint density at radius 1 is 1.45 bits per heavy atom. The Morgan fingerprint density at radius 2 is 2.25 bits per heavy atom. The van der Waals surface area contributed by atoms with E-state index in [1.54, 1.807) is 6.20 Å². The zero-order chi connectivity index (χ0) is 14.0. The normalized spacial score (nSPS) is 18.1. The monoisotopic (exact) mass is 290 g/mol. The van der Waals surface area contributed by atoms with Gasteiger partial charge in [-0.3, -0.25) is 14.6 Å². The lowest BCUT2D eigenvalue weighted by Gasteiger charge is -2.33. The average molecular weight is 290 g/mol. The molecule has 1 N–H and O–H groups in total. The van der Waals surface area contributed by atoms with Crippen LogP contribution in [0.25, 0.3) is 11.4 Å². The van der Waals surface area contributed by atoms with Gasteiger partial charge in [-0.25, -0.2) is 0 Å². The van der Waals surface area contributed by atoms with Gasteiger partial charge in [0.05, 0.1) is 0 Å². The van der Waals surface area contributed by atoms with Crippen LogP contribution in [0.2, 0.25) is 0 Å². The van der Waals surface area contributed by atoms with Crippen LogP contribution < -0.4 is 0 Å². The van der Waals surface area contributed by atoms with Gasteiger partial charge in [-0.15, -0.1) is 0 Å². The van der Waals surface area contributed by atoms with Crippen LogP contribution in [0.5, 0.6) is 0 Å². The summed E-state index contributed by atoms with van der Waals surface area (Å²) < 4.78 is 8.20. The Hall–Kier alpha value is -1.53. The third-order valence-corrected chi connectivity index (χ3v) is 4.23. The number of nitrogens with one attached hydrogen (secondary N) is 1. The van der Waals surface area contributed by atoms with Gasteiger partial charge in [-0.2, -0.15) is 5.10 Å². The Labute approximate surface area is 123 Å². The Bertz CT molecular complexity index is 628. The van der Waals surface area contributed by atoms with E-state index in [2.05, 4.69) is 26.7 Å². The van der Waals surface area contributed by atoms with Gasteiger partial charge in [0.25, 0.3) is 0 Å². The van der Waals surface area contributed by atoms with Crippen LogP contribution in [-0.2, 0) is 11.3 Å². The summed E-state index contributed by atoms with van der Waals surface area (Å²) in [6.07, 6.45) is 5.67. The van der Waals surface area contributed by atoms with E-state index in [1.807, 2.05) is 18.3 Å². The first-order chi connectivity index (χ1) is 9.68. The SMILES string of the molecule is CC1(Cn2c(-c3cccnc3)n[nH]c2=S)CCOCC1. The maximum atomic E-state index is 5.46. The van der Waals surface area contributed by atoms with Crippen molar-refractivity contribution >= 4 is 12.2 Å². The Kier molecular flexibility index (Phi) is 3.67. The molecule has 1 fully saturated rings. The van der Waals surface area contributed by atoms with Gasteiger partial charge in [0, 0.05) is 37.7 Å². The number of rotatable bonds is 3. The van der Waals surface area contributed by atoms with Crippen LogP contribution in [0.3, 0.4) is 0 Å². The van der Waals surface area contributed by atoms with Gasteiger partial charge < -0.3 is 4.74 Å². The molecule has 6 heteroatoms.